The molecule has 0 radical (unpaired) electrons. The van der Waals surface area contributed by atoms with E-state index in [1.807, 2.05) is 0 Å². The van der Waals surface area contributed by atoms with E-state index in [1.54, 1.807) is 6.08 Å². The van der Waals surface area contributed by atoms with Crippen LogP contribution in [0.15, 0.2) is 12.7 Å². The molecule has 1 N–H and O–H groups in total. The van der Waals surface area contributed by atoms with Crippen LogP contribution in [0.25, 0.3) is 0 Å². The first-order valence-electron chi connectivity index (χ1n) is 6.08. The molecule has 0 aliphatic heterocycles. The average Bonchev–Trinajstić information content (AvgIpc) is 2.31. The van der Waals surface area contributed by atoms with Crippen molar-refractivity contribution in [2.45, 2.75) is 57.5 Å². The maximum Gasteiger partial charge on any atom is 0.305 e. The van der Waals surface area contributed by atoms with E-state index in [0.717, 1.165) is 38.5 Å². The number of aliphatic hydroxyl groups excluding tert-OH is 1. The van der Waals surface area contributed by atoms with Crippen molar-refractivity contribution in [2.24, 2.45) is 0 Å². The number of aliphatic hydroxyl groups is 1. The first-order valence-corrected chi connectivity index (χ1v) is 6.08. The van der Waals surface area contributed by atoms with Crippen LogP contribution in [0, 0.1) is 0 Å². The molecule has 1 atom stereocenters. The molecule has 16 heavy (non-hydrogen) atoms. The van der Waals surface area contributed by atoms with Gasteiger partial charge in [-0.1, -0.05) is 38.2 Å². The number of hydrogen-bond donors (Lipinski definition) is 1. The Morgan fingerprint density at radius 3 is 2.38 bits per heavy atom. The molecule has 0 saturated heterocycles. The highest BCUT2D eigenvalue weighted by atomic mass is 16.5. The number of carbonyl (C=O) groups is 1. The van der Waals surface area contributed by atoms with Gasteiger partial charge in [-0.2, -0.15) is 0 Å². The highest BCUT2D eigenvalue weighted by Gasteiger charge is 2.00. The molecule has 0 saturated carbocycles. The Balaban J connectivity index is 3.10. The zero-order chi connectivity index (χ0) is 12.2. The lowest BCUT2D eigenvalue weighted by molar-refractivity contribution is -0.140. The van der Waals surface area contributed by atoms with E-state index < -0.39 is 0 Å². The van der Waals surface area contributed by atoms with Crippen molar-refractivity contribution in [2.75, 3.05) is 7.11 Å². The van der Waals surface area contributed by atoms with Crippen LogP contribution in [0.3, 0.4) is 0 Å². The summed E-state index contributed by atoms with van der Waals surface area (Å²) in [6.45, 7) is 3.53. The van der Waals surface area contributed by atoms with E-state index in [-0.39, 0.29) is 12.1 Å². The standard InChI is InChI=1S/C13H24O3/c1-3-12(14)10-8-6-4-5-7-9-11-13(15)16-2/h3,12,14H,1,4-11H2,2H3. The van der Waals surface area contributed by atoms with Gasteiger partial charge >= 0.3 is 5.97 Å². The summed E-state index contributed by atoms with van der Waals surface area (Å²) in [7, 11) is 1.42. The maximum absolute atomic E-state index is 10.8. The van der Waals surface area contributed by atoms with Gasteiger partial charge in [0.15, 0.2) is 0 Å². The third-order valence-corrected chi connectivity index (χ3v) is 2.63. The summed E-state index contributed by atoms with van der Waals surface area (Å²) < 4.78 is 4.56. The predicted octanol–water partition coefficient (Wildman–Crippen LogP) is 2.83. The van der Waals surface area contributed by atoms with Crippen LogP contribution < -0.4 is 0 Å². The number of hydrogen-bond acceptors (Lipinski definition) is 3. The van der Waals surface area contributed by atoms with E-state index in [0.29, 0.717) is 6.42 Å². The van der Waals surface area contributed by atoms with Gasteiger partial charge in [-0.05, 0) is 12.8 Å². The Morgan fingerprint density at radius 1 is 1.25 bits per heavy atom. The summed E-state index contributed by atoms with van der Waals surface area (Å²) in [6.07, 6.45) is 9.09. The minimum atomic E-state index is -0.348. The van der Waals surface area contributed by atoms with Gasteiger partial charge in [0, 0.05) is 6.42 Å². The van der Waals surface area contributed by atoms with Crippen molar-refractivity contribution >= 4 is 5.97 Å². The van der Waals surface area contributed by atoms with E-state index >= 15 is 0 Å². The summed E-state index contributed by atoms with van der Waals surface area (Å²) in [5.41, 5.74) is 0. The third-order valence-electron chi connectivity index (χ3n) is 2.63. The van der Waals surface area contributed by atoms with Crippen molar-refractivity contribution in [3.8, 4) is 0 Å². The molecule has 0 heterocycles. The number of unbranched alkanes of at least 4 members (excludes halogenated alkanes) is 5. The summed E-state index contributed by atoms with van der Waals surface area (Å²) in [4.78, 5) is 10.8. The molecule has 0 aliphatic rings. The Bertz CT molecular complexity index is 190. The number of methoxy groups -OCH3 is 1. The lowest BCUT2D eigenvalue weighted by Gasteiger charge is -2.04. The minimum Gasteiger partial charge on any atom is -0.469 e. The molecule has 0 aliphatic carbocycles. The highest BCUT2D eigenvalue weighted by Crippen LogP contribution is 2.10. The van der Waals surface area contributed by atoms with Crippen molar-refractivity contribution < 1.29 is 14.6 Å². The molecular formula is C13H24O3. The first-order chi connectivity index (χ1) is 7.70. The van der Waals surface area contributed by atoms with Crippen molar-refractivity contribution in [3.05, 3.63) is 12.7 Å². The van der Waals surface area contributed by atoms with Gasteiger partial charge in [0.2, 0.25) is 0 Å². The Kier molecular flexibility index (Phi) is 10.1. The molecule has 3 heteroatoms. The minimum absolute atomic E-state index is 0.117. The molecule has 0 aromatic carbocycles. The van der Waals surface area contributed by atoms with Gasteiger partial charge in [0.05, 0.1) is 13.2 Å². The zero-order valence-electron chi connectivity index (χ0n) is 10.3. The maximum atomic E-state index is 10.8. The van der Waals surface area contributed by atoms with Crippen LogP contribution in [0.4, 0.5) is 0 Å². The quantitative estimate of drug-likeness (QED) is 0.355. The van der Waals surface area contributed by atoms with Crippen LogP contribution in [0.2, 0.25) is 0 Å². The molecule has 0 aromatic heterocycles. The summed E-state index contributed by atoms with van der Waals surface area (Å²) in [5, 5.41) is 9.22. The Hall–Kier alpha value is -0.830. The van der Waals surface area contributed by atoms with Crippen LogP contribution in [0.1, 0.15) is 51.4 Å². The fourth-order valence-electron chi connectivity index (χ4n) is 1.55. The smallest absolute Gasteiger partial charge is 0.305 e. The summed E-state index contributed by atoms with van der Waals surface area (Å²) in [6, 6.07) is 0. The number of rotatable bonds is 10. The molecule has 3 nitrogen and oxygen atoms in total. The number of ether oxygens (including phenoxy) is 1. The van der Waals surface area contributed by atoms with E-state index in [1.165, 1.54) is 13.5 Å². The van der Waals surface area contributed by atoms with Gasteiger partial charge in [-0.3, -0.25) is 4.79 Å². The van der Waals surface area contributed by atoms with Crippen molar-refractivity contribution in [1.29, 1.82) is 0 Å². The van der Waals surface area contributed by atoms with Gasteiger partial charge < -0.3 is 9.84 Å². The lowest BCUT2D eigenvalue weighted by atomic mass is 10.1. The van der Waals surface area contributed by atoms with Gasteiger partial charge in [-0.25, -0.2) is 0 Å². The van der Waals surface area contributed by atoms with Crippen molar-refractivity contribution in [3.63, 3.8) is 0 Å². The van der Waals surface area contributed by atoms with Gasteiger partial charge in [0.25, 0.3) is 0 Å². The molecule has 0 amide bonds. The molecule has 0 fully saturated rings. The van der Waals surface area contributed by atoms with Crippen LogP contribution in [-0.4, -0.2) is 24.3 Å². The molecule has 0 spiro atoms. The van der Waals surface area contributed by atoms with E-state index in [2.05, 4.69) is 11.3 Å². The predicted molar refractivity (Wildman–Crippen MR) is 65.2 cm³/mol. The lowest BCUT2D eigenvalue weighted by Crippen LogP contribution is -2.00. The van der Waals surface area contributed by atoms with Crippen LogP contribution in [-0.2, 0) is 9.53 Å². The molecule has 0 aromatic rings. The SMILES string of the molecule is C=CC(O)CCCCCCCCC(=O)OC. The normalized spacial score (nSPS) is 12.1. The third kappa shape index (κ3) is 9.71. The first kappa shape index (κ1) is 15.2. The zero-order valence-corrected chi connectivity index (χ0v) is 10.3. The fourth-order valence-corrected chi connectivity index (χ4v) is 1.55. The van der Waals surface area contributed by atoms with Gasteiger partial charge in [0.1, 0.15) is 0 Å². The second-order valence-electron chi connectivity index (χ2n) is 4.04. The Morgan fingerprint density at radius 2 is 1.81 bits per heavy atom. The molecule has 0 rings (SSSR count). The topological polar surface area (TPSA) is 46.5 Å². The van der Waals surface area contributed by atoms with Crippen molar-refractivity contribution in [1.82, 2.24) is 0 Å². The molecule has 94 valence electrons. The monoisotopic (exact) mass is 228 g/mol. The second-order valence-corrected chi connectivity index (χ2v) is 4.04. The van der Waals surface area contributed by atoms with Crippen LogP contribution >= 0.6 is 0 Å². The second kappa shape index (κ2) is 10.7. The highest BCUT2D eigenvalue weighted by molar-refractivity contribution is 5.68. The summed E-state index contributed by atoms with van der Waals surface area (Å²) in [5.74, 6) is -0.117. The van der Waals surface area contributed by atoms with E-state index in [4.69, 9.17) is 0 Å². The molecule has 0 bridgehead atoms. The Labute approximate surface area is 98.5 Å². The van der Waals surface area contributed by atoms with E-state index in [9.17, 15) is 9.90 Å². The van der Waals surface area contributed by atoms with Gasteiger partial charge in [-0.15, -0.1) is 6.58 Å². The largest absolute Gasteiger partial charge is 0.469 e. The summed E-state index contributed by atoms with van der Waals surface area (Å²) >= 11 is 0. The number of carbonyl (C=O) groups excluding carboxylic acids is 1. The fraction of sp³-hybridized carbons (Fsp3) is 0.769. The molecular weight excluding hydrogens is 204 g/mol. The number of esters is 1. The average molecular weight is 228 g/mol. The van der Waals surface area contributed by atoms with Crippen LogP contribution in [0.5, 0.6) is 0 Å². The molecule has 1 unspecified atom stereocenters.